The summed E-state index contributed by atoms with van der Waals surface area (Å²) < 4.78 is 0. The third-order valence-corrected chi connectivity index (χ3v) is 2.89. The van der Waals surface area contributed by atoms with E-state index in [1.54, 1.807) is 42.6 Å². The predicted molar refractivity (Wildman–Crippen MR) is 76.5 cm³/mol. The van der Waals surface area contributed by atoms with Crippen LogP contribution in [0.15, 0.2) is 42.6 Å². The van der Waals surface area contributed by atoms with Crippen molar-refractivity contribution < 1.29 is 4.79 Å². The summed E-state index contributed by atoms with van der Waals surface area (Å²) in [7, 11) is 0. The number of urea groups is 1. The molecule has 0 aliphatic heterocycles. The van der Waals surface area contributed by atoms with Crippen molar-refractivity contribution in [3.8, 4) is 0 Å². The average Bonchev–Trinajstić information content (AvgIpc) is 2.42. The van der Waals surface area contributed by atoms with Crippen LogP contribution in [0.1, 0.15) is 0 Å². The Hall–Kier alpha value is -1.98. The summed E-state index contributed by atoms with van der Waals surface area (Å²) in [4.78, 5) is 15.6. The summed E-state index contributed by atoms with van der Waals surface area (Å²) in [6.45, 7) is 0. The normalized spacial score (nSPS) is 9.79. The molecule has 1 heterocycles. The molecule has 1 aromatic carbocycles. The molecule has 98 valence electrons. The molecule has 19 heavy (non-hydrogen) atoms. The number of nitrogens with one attached hydrogen (secondary N) is 3. The van der Waals surface area contributed by atoms with Crippen molar-refractivity contribution in [3.05, 3.63) is 52.6 Å². The average molecular weight is 297 g/mol. The Balaban J connectivity index is 1.89. The fourth-order valence-electron chi connectivity index (χ4n) is 1.29. The van der Waals surface area contributed by atoms with Gasteiger partial charge in [0.25, 0.3) is 0 Å². The van der Waals surface area contributed by atoms with Gasteiger partial charge in [-0.3, -0.25) is 10.9 Å². The van der Waals surface area contributed by atoms with Crippen LogP contribution in [0.5, 0.6) is 0 Å². The quantitative estimate of drug-likeness (QED) is 0.759. The lowest BCUT2D eigenvalue weighted by Gasteiger charge is -2.09. The molecule has 0 bridgehead atoms. The van der Waals surface area contributed by atoms with Gasteiger partial charge in [0.1, 0.15) is 5.82 Å². The van der Waals surface area contributed by atoms with Crippen LogP contribution in [0.4, 0.5) is 16.3 Å². The van der Waals surface area contributed by atoms with Crippen molar-refractivity contribution in [1.29, 1.82) is 0 Å². The second-order valence-electron chi connectivity index (χ2n) is 3.55. The molecule has 0 aliphatic rings. The minimum absolute atomic E-state index is 0.372. The molecule has 0 fully saturated rings. The number of aromatic nitrogens is 1. The van der Waals surface area contributed by atoms with Crippen LogP contribution >= 0.6 is 23.2 Å². The number of halogens is 2. The summed E-state index contributed by atoms with van der Waals surface area (Å²) in [5.74, 6) is 0.534. The van der Waals surface area contributed by atoms with Crippen LogP contribution in [0.3, 0.4) is 0 Å². The number of hydrazine groups is 1. The van der Waals surface area contributed by atoms with E-state index in [0.717, 1.165) is 0 Å². The molecule has 2 aromatic rings. The van der Waals surface area contributed by atoms with Gasteiger partial charge < -0.3 is 5.32 Å². The number of amides is 2. The monoisotopic (exact) mass is 296 g/mol. The lowest BCUT2D eigenvalue weighted by molar-refractivity contribution is 0.254. The zero-order valence-electron chi connectivity index (χ0n) is 9.65. The number of rotatable bonds is 3. The van der Waals surface area contributed by atoms with Gasteiger partial charge in [-0.15, -0.1) is 0 Å². The van der Waals surface area contributed by atoms with E-state index in [1.165, 1.54) is 0 Å². The van der Waals surface area contributed by atoms with E-state index in [1.807, 2.05) is 0 Å². The minimum atomic E-state index is -0.441. The fraction of sp³-hybridized carbons (Fsp3) is 0. The Kier molecular flexibility index (Phi) is 4.43. The molecular formula is C12H10Cl2N4O. The standard InChI is InChI=1S/C12H10Cl2N4O/c13-9-5-4-8(7-10(9)14)16-12(19)18-17-11-3-1-2-6-15-11/h1-7H,(H,15,17)(H2,16,18,19). The number of carbonyl (C=O) groups excluding carboxylic acids is 1. The van der Waals surface area contributed by atoms with Crippen molar-refractivity contribution in [2.75, 3.05) is 10.7 Å². The Morgan fingerprint density at radius 3 is 2.63 bits per heavy atom. The highest BCUT2D eigenvalue weighted by Crippen LogP contribution is 2.24. The number of nitrogens with zero attached hydrogens (tertiary/aromatic N) is 1. The first kappa shape index (κ1) is 13.5. The smallest absolute Gasteiger partial charge is 0.307 e. The maximum atomic E-state index is 11.6. The Labute approximate surface area is 119 Å². The third kappa shape index (κ3) is 4.01. The molecule has 1 aromatic heterocycles. The first-order chi connectivity index (χ1) is 9.15. The lowest BCUT2D eigenvalue weighted by atomic mass is 10.3. The van der Waals surface area contributed by atoms with E-state index in [2.05, 4.69) is 21.2 Å². The lowest BCUT2D eigenvalue weighted by Crippen LogP contribution is -2.33. The van der Waals surface area contributed by atoms with Gasteiger partial charge in [-0.2, -0.15) is 0 Å². The Bertz CT molecular complexity index is 577. The SMILES string of the molecule is O=C(NNc1ccccn1)Nc1ccc(Cl)c(Cl)c1. The van der Waals surface area contributed by atoms with Crippen LogP contribution in [0.2, 0.25) is 10.0 Å². The Morgan fingerprint density at radius 2 is 1.95 bits per heavy atom. The van der Waals surface area contributed by atoms with Gasteiger partial charge in [-0.25, -0.2) is 9.78 Å². The summed E-state index contributed by atoms with van der Waals surface area (Å²) in [5.41, 5.74) is 5.64. The zero-order chi connectivity index (χ0) is 13.7. The summed E-state index contributed by atoms with van der Waals surface area (Å²) >= 11 is 11.6. The van der Waals surface area contributed by atoms with Gasteiger partial charge >= 0.3 is 6.03 Å². The van der Waals surface area contributed by atoms with E-state index < -0.39 is 6.03 Å². The zero-order valence-corrected chi connectivity index (χ0v) is 11.2. The molecule has 7 heteroatoms. The minimum Gasteiger partial charge on any atom is -0.307 e. The van der Waals surface area contributed by atoms with E-state index in [0.29, 0.717) is 21.6 Å². The highest BCUT2D eigenvalue weighted by Gasteiger charge is 2.03. The number of carbonyl (C=O) groups is 1. The van der Waals surface area contributed by atoms with E-state index in [4.69, 9.17) is 23.2 Å². The second-order valence-corrected chi connectivity index (χ2v) is 4.36. The molecule has 3 N–H and O–H groups in total. The molecule has 2 rings (SSSR count). The maximum Gasteiger partial charge on any atom is 0.337 e. The molecular weight excluding hydrogens is 287 g/mol. The van der Waals surface area contributed by atoms with Crippen molar-refractivity contribution in [1.82, 2.24) is 10.4 Å². The molecule has 0 atom stereocenters. The van der Waals surface area contributed by atoms with Gasteiger partial charge in [-0.1, -0.05) is 29.3 Å². The van der Waals surface area contributed by atoms with E-state index in [9.17, 15) is 4.79 Å². The van der Waals surface area contributed by atoms with Gasteiger partial charge in [-0.05, 0) is 30.3 Å². The van der Waals surface area contributed by atoms with Crippen LogP contribution in [0.25, 0.3) is 0 Å². The van der Waals surface area contributed by atoms with Crippen LogP contribution in [0, 0.1) is 0 Å². The first-order valence-electron chi connectivity index (χ1n) is 5.34. The third-order valence-electron chi connectivity index (χ3n) is 2.15. The van der Waals surface area contributed by atoms with E-state index >= 15 is 0 Å². The highest BCUT2D eigenvalue weighted by molar-refractivity contribution is 6.42. The second kappa shape index (κ2) is 6.26. The number of pyridine rings is 1. The Morgan fingerprint density at radius 1 is 1.11 bits per heavy atom. The molecule has 0 spiro atoms. The number of anilines is 2. The fourth-order valence-corrected chi connectivity index (χ4v) is 1.59. The van der Waals surface area contributed by atoms with Crippen LogP contribution in [-0.4, -0.2) is 11.0 Å². The predicted octanol–water partition coefficient (Wildman–Crippen LogP) is 3.54. The highest BCUT2D eigenvalue weighted by atomic mass is 35.5. The molecule has 0 aliphatic carbocycles. The first-order valence-corrected chi connectivity index (χ1v) is 6.10. The molecule has 0 saturated heterocycles. The number of hydrogen-bond donors (Lipinski definition) is 3. The van der Waals surface area contributed by atoms with Crippen molar-refractivity contribution in [2.45, 2.75) is 0 Å². The maximum absolute atomic E-state index is 11.6. The van der Waals surface area contributed by atoms with Gasteiger partial charge in [0.15, 0.2) is 0 Å². The molecule has 0 radical (unpaired) electrons. The largest absolute Gasteiger partial charge is 0.337 e. The number of benzene rings is 1. The molecule has 2 amide bonds. The van der Waals surface area contributed by atoms with E-state index in [-0.39, 0.29) is 0 Å². The van der Waals surface area contributed by atoms with Gasteiger partial charge in [0.2, 0.25) is 0 Å². The van der Waals surface area contributed by atoms with Crippen molar-refractivity contribution in [3.63, 3.8) is 0 Å². The van der Waals surface area contributed by atoms with Crippen molar-refractivity contribution in [2.24, 2.45) is 0 Å². The molecule has 0 unspecified atom stereocenters. The summed E-state index contributed by atoms with van der Waals surface area (Å²) in [6, 6.07) is 9.67. The van der Waals surface area contributed by atoms with Crippen LogP contribution in [-0.2, 0) is 0 Å². The van der Waals surface area contributed by atoms with Gasteiger partial charge in [0, 0.05) is 11.9 Å². The molecule has 5 nitrogen and oxygen atoms in total. The van der Waals surface area contributed by atoms with Crippen LogP contribution < -0.4 is 16.2 Å². The summed E-state index contributed by atoms with van der Waals surface area (Å²) in [6.07, 6.45) is 1.61. The number of hydrogen-bond acceptors (Lipinski definition) is 3. The van der Waals surface area contributed by atoms with Gasteiger partial charge in [0.05, 0.1) is 10.0 Å². The molecule has 0 saturated carbocycles. The summed E-state index contributed by atoms with van der Waals surface area (Å²) in [5, 5.41) is 3.40. The van der Waals surface area contributed by atoms with Crippen molar-refractivity contribution >= 4 is 40.7 Å². The topological polar surface area (TPSA) is 66.0 Å².